The van der Waals surface area contributed by atoms with Crippen LogP contribution in [-0.2, 0) is 31.1 Å². The molecule has 6 atom stereocenters. The molecule has 51 heavy (non-hydrogen) atoms. The number of hydrazine groups is 1. The second-order valence-electron chi connectivity index (χ2n) is 13.9. The first-order valence-electron chi connectivity index (χ1n) is 17.1. The third-order valence-corrected chi connectivity index (χ3v) is 11.9. The molecule has 9 nitrogen and oxygen atoms in total. The van der Waals surface area contributed by atoms with Crippen molar-refractivity contribution in [1.82, 2.24) is 9.91 Å². The quantitative estimate of drug-likeness (QED) is 0.161. The molecule has 2 N–H and O–H groups in total. The van der Waals surface area contributed by atoms with E-state index in [0.717, 1.165) is 21.7 Å². The number of fused-ring (bicyclic) bond motifs is 4. The van der Waals surface area contributed by atoms with Gasteiger partial charge in [0.05, 0.1) is 47.0 Å². The van der Waals surface area contributed by atoms with Crippen LogP contribution in [0.15, 0.2) is 113 Å². The minimum Gasteiger partial charge on any atom is -0.503 e. The first kappa shape index (κ1) is 33.0. The predicted octanol–water partition coefficient (Wildman–Crippen LogP) is 6.66. The fourth-order valence-electron chi connectivity index (χ4n) is 9.03. The van der Waals surface area contributed by atoms with Crippen LogP contribution in [0.2, 0.25) is 0 Å². The number of anilines is 1. The zero-order valence-electron chi connectivity index (χ0n) is 28.1. The number of amides is 4. The average molecular weight is 747 g/mol. The standard InChI is InChI=1S/C41H36BrN3O6/c1-23-13-15-27(16-14-23)43-45-38(48)31-21-30-28(17-18-29-34(30)39(49)44(37(29)47)22-24-9-5-3-6-10-24)35(25-19-32(42)36(46)33(20-25)51-2)41(31,40(45)50)26-11-7-4-8-12-26/h3-17,19-20,29-31,34-35,43,46H,18,21-22H2,1-2H3. The highest BCUT2D eigenvalue weighted by Crippen LogP contribution is 2.64. The lowest BCUT2D eigenvalue weighted by molar-refractivity contribution is -0.142. The van der Waals surface area contributed by atoms with E-state index in [0.29, 0.717) is 27.7 Å². The van der Waals surface area contributed by atoms with Crippen molar-refractivity contribution < 1.29 is 29.0 Å². The van der Waals surface area contributed by atoms with Crippen LogP contribution in [0.5, 0.6) is 11.5 Å². The van der Waals surface area contributed by atoms with Gasteiger partial charge in [0.25, 0.3) is 11.8 Å². The summed E-state index contributed by atoms with van der Waals surface area (Å²) in [6, 6.07) is 29.7. The number of likely N-dealkylation sites (tertiary alicyclic amines) is 1. The number of aromatic hydroxyl groups is 1. The summed E-state index contributed by atoms with van der Waals surface area (Å²) < 4.78 is 5.95. The molecule has 2 aliphatic carbocycles. The molecule has 6 unspecified atom stereocenters. The SMILES string of the molecule is COc1cc(C2C3=CCC4C(=O)N(Cc5ccccc5)C(=O)C4C3CC3C(=O)N(Nc4ccc(C)cc4)C(=O)C32c2ccccc2)cc(Br)c1O. The smallest absolute Gasteiger partial charge is 0.260 e. The number of carbonyl (C=O) groups excluding carboxylic acids is 4. The van der Waals surface area contributed by atoms with E-state index in [1.807, 2.05) is 97.9 Å². The fraction of sp³-hybridized carbons (Fsp3) is 0.268. The fourth-order valence-corrected chi connectivity index (χ4v) is 9.48. The summed E-state index contributed by atoms with van der Waals surface area (Å²) in [5, 5.41) is 12.0. The maximum atomic E-state index is 15.3. The van der Waals surface area contributed by atoms with E-state index < -0.39 is 46.8 Å². The van der Waals surface area contributed by atoms with Crippen LogP contribution in [0.3, 0.4) is 0 Å². The number of hydrogen-bond donors (Lipinski definition) is 2. The summed E-state index contributed by atoms with van der Waals surface area (Å²) in [6.45, 7) is 2.13. The topological polar surface area (TPSA) is 116 Å². The van der Waals surface area contributed by atoms with E-state index >= 15 is 4.79 Å². The number of nitrogens with zero attached hydrogens (tertiary/aromatic N) is 2. The van der Waals surface area contributed by atoms with Gasteiger partial charge in [0.15, 0.2) is 11.5 Å². The van der Waals surface area contributed by atoms with Gasteiger partial charge in [-0.15, -0.1) is 0 Å². The number of allylic oxidation sites excluding steroid dienone is 2. The van der Waals surface area contributed by atoms with E-state index in [1.54, 1.807) is 12.1 Å². The summed E-state index contributed by atoms with van der Waals surface area (Å²) in [7, 11) is 1.46. The van der Waals surface area contributed by atoms with Crippen molar-refractivity contribution in [2.45, 2.75) is 37.6 Å². The Hall–Kier alpha value is -5.22. The molecule has 2 saturated heterocycles. The number of ether oxygens (including phenoxy) is 1. The average Bonchev–Trinajstić information content (AvgIpc) is 3.51. The Morgan fingerprint density at radius 1 is 0.882 bits per heavy atom. The van der Waals surface area contributed by atoms with Gasteiger partial charge in [-0.2, -0.15) is 5.01 Å². The van der Waals surface area contributed by atoms with Gasteiger partial charge in [0, 0.05) is 5.92 Å². The monoisotopic (exact) mass is 745 g/mol. The number of benzene rings is 4. The number of rotatable bonds is 7. The van der Waals surface area contributed by atoms with Crippen LogP contribution in [0.25, 0.3) is 0 Å². The molecule has 0 radical (unpaired) electrons. The van der Waals surface area contributed by atoms with Crippen LogP contribution in [0.4, 0.5) is 5.69 Å². The molecular weight excluding hydrogens is 710 g/mol. The maximum absolute atomic E-state index is 15.3. The number of phenolic OH excluding ortho intramolecular Hbond substituents is 1. The highest BCUT2D eigenvalue weighted by Gasteiger charge is 2.70. The Morgan fingerprint density at radius 2 is 1.57 bits per heavy atom. The number of nitrogens with one attached hydrogen (secondary N) is 1. The molecule has 4 aromatic carbocycles. The van der Waals surface area contributed by atoms with Gasteiger partial charge in [-0.05, 0) is 82.6 Å². The number of hydrogen-bond acceptors (Lipinski definition) is 7. The molecule has 4 aromatic rings. The van der Waals surface area contributed by atoms with Crippen molar-refractivity contribution in [2.75, 3.05) is 12.5 Å². The second kappa shape index (κ2) is 12.5. The number of halogens is 1. The molecule has 0 aromatic heterocycles. The zero-order chi connectivity index (χ0) is 35.6. The number of carbonyl (C=O) groups is 4. The molecule has 2 aliphatic heterocycles. The maximum Gasteiger partial charge on any atom is 0.260 e. The molecule has 8 rings (SSSR count). The van der Waals surface area contributed by atoms with E-state index in [-0.39, 0.29) is 36.3 Å². The summed E-state index contributed by atoms with van der Waals surface area (Å²) in [6.07, 6.45) is 2.54. The molecule has 3 fully saturated rings. The van der Waals surface area contributed by atoms with Crippen molar-refractivity contribution in [2.24, 2.45) is 23.7 Å². The van der Waals surface area contributed by atoms with Crippen molar-refractivity contribution in [3.05, 3.63) is 135 Å². The van der Waals surface area contributed by atoms with E-state index in [2.05, 4.69) is 21.4 Å². The van der Waals surface area contributed by atoms with Gasteiger partial charge in [-0.25, -0.2) is 0 Å². The third kappa shape index (κ3) is 5.02. The molecule has 4 aliphatic rings. The van der Waals surface area contributed by atoms with Crippen molar-refractivity contribution in [3.63, 3.8) is 0 Å². The second-order valence-corrected chi connectivity index (χ2v) is 14.7. The molecular formula is C41H36BrN3O6. The number of aryl methyl sites for hydroxylation is 1. The lowest BCUT2D eigenvalue weighted by atomic mass is 9.49. The molecule has 0 spiro atoms. The van der Waals surface area contributed by atoms with Gasteiger partial charge < -0.3 is 9.84 Å². The molecule has 1 saturated carbocycles. The van der Waals surface area contributed by atoms with Gasteiger partial charge >= 0.3 is 0 Å². The molecule has 258 valence electrons. The van der Waals surface area contributed by atoms with Crippen LogP contribution in [0.1, 0.15) is 41.0 Å². The van der Waals surface area contributed by atoms with Gasteiger partial charge in [-0.1, -0.05) is 90.0 Å². The first-order chi connectivity index (χ1) is 24.6. The lowest BCUT2D eigenvalue weighted by Gasteiger charge is -2.50. The zero-order valence-corrected chi connectivity index (χ0v) is 29.7. The Bertz CT molecular complexity index is 2100. The minimum absolute atomic E-state index is 0.0961. The Kier molecular flexibility index (Phi) is 8.09. The minimum atomic E-state index is -1.43. The van der Waals surface area contributed by atoms with Crippen LogP contribution < -0.4 is 10.2 Å². The first-order valence-corrected chi connectivity index (χ1v) is 17.9. The summed E-state index contributed by atoms with van der Waals surface area (Å²) in [5.41, 5.74) is 6.29. The highest BCUT2D eigenvalue weighted by atomic mass is 79.9. The lowest BCUT2D eigenvalue weighted by Crippen LogP contribution is -2.53. The number of methoxy groups -OCH3 is 1. The van der Waals surface area contributed by atoms with Crippen LogP contribution in [0, 0.1) is 30.6 Å². The highest BCUT2D eigenvalue weighted by molar-refractivity contribution is 9.10. The van der Waals surface area contributed by atoms with Crippen LogP contribution >= 0.6 is 15.9 Å². The van der Waals surface area contributed by atoms with E-state index in [4.69, 9.17) is 4.74 Å². The third-order valence-electron chi connectivity index (χ3n) is 11.3. The Labute approximate surface area is 304 Å². The van der Waals surface area contributed by atoms with Crippen molar-refractivity contribution in [1.29, 1.82) is 0 Å². The Balaban J connectivity index is 1.32. The van der Waals surface area contributed by atoms with Gasteiger partial charge in [0.1, 0.15) is 0 Å². The van der Waals surface area contributed by atoms with E-state index in [1.165, 1.54) is 12.0 Å². The molecule has 10 heteroatoms. The molecule has 2 heterocycles. The summed E-state index contributed by atoms with van der Waals surface area (Å²) >= 11 is 3.50. The summed E-state index contributed by atoms with van der Waals surface area (Å²) in [4.78, 5) is 59.8. The van der Waals surface area contributed by atoms with Gasteiger partial charge in [-0.3, -0.25) is 29.5 Å². The number of imide groups is 2. The molecule has 4 amide bonds. The van der Waals surface area contributed by atoms with Gasteiger partial charge in [0.2, 0.25) is 11.8 Å². The van der Waals surface area contributed by atoms with E-state index in [9.17, 15) is 19.5 Å². The summed E-state index contributed by atoms with van der Waals surface area (Å²) in [5.74, 6) is -4.60. The molecule has 0 bridgehead atoms. The Morgan fingerprint density at radius 3 is 2.25 bits per heavy atom. The predicted molar refractivity (Wildman–Crippen MR) is 193 cm³/mol. The normalized spacial score (nSPS) is 26.8. The van der Waals surface area contributed by atoms with Crippen molar-refractivity contribution >= 4 is 45.2 Å². The van der Waals surface area contributed by atoms with Crippen LogP contribution in [-0.4, -0.2) is 45.8 Å². The largest absolute Gasteiger partial charge is 0.503 e. The number of phenols is 1. The van der Waals surface area contributed by atoms with Crippen molar-refractivity contribution in [3.8, 4) is 11.5 Å².